The highest BCUT2D eigenvalue weighted by atomic mass is 16.3. The fraction of sp³-hybridized carbons (Fsp3) is 1.00. The van der Waals surface area contributed by atoms with Gasteiger partial charge in [0.1, 0.15) is 0 Å². The molecule has 0 aromatic carbocycles. The van der Waals surface area contributed by atoms with Crippen molar-refractivity contribution in [3.63, 3.8) is 0 Å². The molecule has 1 fully saturated rings. The molecule has 1 aliphatic heterocycles. The third-order valence-corrected chi connectivity index (χ3v) is 3.73. The zero-order chi connectivity index (χ0) is 12.0. The van der Waals surface area contributed by atoms with Gasteiger partial charge in [0.25, 0.3) is 0 Å². The summed E-state index contributed by atoms with van der Waals surface area (Å²) in [6.07, 6.45) is 3.39. The predicted molar refractivity (Wildman–Crippen MR) is 68.6 cm³/mol. The fourth-order valence-corrected chi connectivity index (χ4v) is 2.47. The second kappa shape index (κ2) is 7.25. The van der Waals surface area contributed by atoms with Crippen LogP contribution in [0.3, 0.4) is 0 Å². The van der Waals surface area contributed by atoms with E-state index in [0.29, 0.717) is 24.6 Å². The lowest BCUT2D eigenvalue weighted by Gasteiger charge is -2.35. The molecule has 0 bridgehead atoms. The topological polar surface area (TPSA) is 35.5 Å². The van der Waals surface area contributed by atoms with Gasteiger partial charge >= 0.3 is 0 Å². The van der Waals surface area contributed by atoms with Crippen molar-refractivity contribution in [2.75, 3.05) is 26.2 Å². The van der Waals surface area contributed by atoms with Gasteiger partial charge in [0, 0.05) is 18.7 Å². The Kier molecular flexibility index (Phi) is 6.32. The Morgan fingerprint density at radius 2 is 1.94 bits per heavy atom. The summed E-state index contributed by atoms with van der Waals surface area (Å²) in [5, 5.41) is 12.8. The number of aliphatic hydroxyl groups is 1. The Balaban J connectivity index is 2.30. The van der Waals surface area contributed by atoms with Gasteiger partial charge in [0.2, 0.25) is 0 Å². The predicted octanol–water partition coefficient (Wildman–Crippen LogP) is 1.47. The minimum absolute atomic E-state index is 0.295. The van der Waals surface area contributed by atoms with Crippen LogP contribution in [-0.4, -0.2) is 48.3 Å². The Morgan fingerprint density at radius 3 is 2.38 bits per heavy atom. The molecule has 1 aliphatic rings. The molecule has 1 rings (SSSR count). The van der Waals surface area contributed by atoms with E-state index >= 15 is 0 Å². The molecular formula is C13H28N2O. The van der Waals surface area contributed by atoms with E-state index in [9.17, 15) is 0 Å². The average Bonchev–Trinajstić information content (AvgIpc) is 2.29. The monoisotopic (exact) mass is 228 g/mol. The standard InChI is InChI=1S/C13H28N2O/c1-4-15-8-5-12(6-9-15)14-13(7-10-16)11(2)3/h11-14,16H,4-10H2,1-3H3. The Hall–Kier alpha value is -0.120. The fourth-order valence-electron chi connectivity index (χ4n) is 2.47. The van der Waals surface area contributed by atoms with Crippen LogP contribution in [-0.2, 0) is 0 Å². The van der Waals surface area contributed by atoms with Crippen molar-refractivity contribution in [2.24, 2.45) is 5.92 Å². The van der Waals surface area contributed by atoms with Gasteiger partial charge in [-0.2, -0.15) is 0 Å². The van der Waals surface area contributed by atoms with E-state index in [1.165, 1.54) is 32.5 Å². The maximum absolute atomic E-state index is 9.05. The third-order valence-electron chi connectivity index (χ3n) is 3.73. The van der Waals surface area contributed by atoms with Crippen LogP contribution in [0.15, 0.2) is 0 Å². The van der Waals surface area contributed by atoms with Crippen LogP contribution >= 0.6 is 0 Å². The summed E-state index contributed by atoms with van der Waals surface area (Å²) in [6.45, 7) is 10.6. The van der Waals surface area contributed by atoms with E-state index in [1.807, 2.05) is 0 Å². The van der Waals surface area contributed by atoms with E-state index in [1.54, 1.807) is 0 Å². The highest BCUT2D eigenvalue weighted by molar-refractivity contribution is 4.81. The quantitative estimate of drug-likeness (QED) is 0.722. The summed E-state index contributed by atoms with van der Waals surface area (Å²) in [7, 11) is 0. The molecule has 3 heteroatoms. The summed E-state index contributed by atoms with van der Waals surface area (Å²) < 4.78 is 0. The zero-order valence-electron chi connectivity index (χ0n) is 11.1. The molecule has 96 valence electrons. The molecule has 0 spiro atoms. The van der Waals surface area contributed by atoms with Crippen molar-refractivity contribution in [1.29, 1.82) is 0 Å². The lowest BCUT2D eigenvalue weighted by atomic mass is 9.97. The highest BCUT2D eigenvalue weighted by Crippen LogP contribution is 2.14. The molecule has 1 heterocycles. The van der Waals surface area contributed by atoms with Gasteiger partial charge in [0.05, 0.1) is 0 Å². The minimum atomic E-state index is 0.295. The highest BCUT2D eigenvalue weighted by Gasteiger charge is 2.21. The van der Waals surface area contributed by atoms with Crippen molar-refractivity contribution in [2.45, 2.75) is 52.1 Å². The summed E-state index contributed by atoms with van der Waals surface area (Å²) in [5.74, 6) is 0.608. The normalized spacial score (nSPS) is 21.6. The molecule has 1 saturated heterocycles. The Labute approximate surface area is 100 Å². The molecule has 0 aliphatic carbocycles. The van der Waals surface area contributed by atoms with E-state index < -0.39 is 0 Å². The number of piperidine rings is 1. The van der Waals surface area contributed by atoms with Crippen molar-refractivity contribution < 1.29 is 5.11 Å². The van der Waals surface area contributed by atoms with Crippen LogP contribution in [0.25, 0.3) is 0 Å². The molecule has 0 aromatic rings. The maximum Gasteiger partial charge on any atom is 0.0445 e. The van der Waals surface area contributed by atoms with Gasteiger partial charge in [-0.05, 0) is 44.8 Å². The number of nitrogens with zero attached hydrogens (tertiary/aromatic N) is 1. The molecule has 0 radical (unpaired) electrons. The minimum Gasteiger partial charge on any atom is -0.396 e. The van der Waals surface area contributed by atoms with Crippen molar-refractivity contribution in [1.82, 2.24) is 10.2 Å². The van der Waals surface area contributed by atoms with E-state index in [0.717, 1.165) is 6.42 Å². The van der Waals surface area contributed by atoms with Gasteiger partial charge in [-0.1, -0.05) is 20.8 Å². The molecule has 3 nitrogen and oxygen atoms in total. The first-order valence-electron chi connectivity index (χ1n) is 6.76. The Bertz CT molecular complexity index is 177. The van der Waals surface area contributed by atoms with Gasteiger partial charge < -0.3 is 15.3 Å². The van der Waals surface area contributed by atoms with Crippen molar-refractivity contribution in [3.05, 3.63) is 0 Å². The molecule has 0 saturated carbocycles. The summed E-state index contributed by atoms with van der Waals surface area (Å²) in [5.41, 5.74) is 0. The van der Waals surface area contributed by atoms with Crippen LogP contribution in [0, 0.1) is 5.92 Å². The van der Waals surface area contributed by atoms with E-state index in [4.69, 9.17) is 5.11 Å². The number of rotatable bonds is 6. The number of likely N-dealkylation sites (tertiary alicyclic amines) is 1. The lowest BCUT2D eigenvalue weighted by Crippen LogP contribution is -2.47. The van der Waals surface area contributed by atoms with E-state index in [-0.39, 0.29) is 0 Å². The first kappa shape index (κ1) is 13.9. The van der Waals surface area contributed by atoms with Gasteiger partial charge in [-0.15, -0.1) is 0 Å². The molecule has 0 amide bonds. The second-order valence-corrected chi connectivity index (χ2v) is 5.24. The molecule has 2 N–H and O–H groups in total. The smallest absolute Gasteiger partial charge is 0.0445 e. The first-order valence-corrected chi connectivity index (χ1v) is 6.76. The van der Waals surface area contributed by atoms with Crippen LogP contribution in [0.1, 0.15) is 40.0 Å². The SMILES string of the molecule is CCN1CCC(NC(CCO)C(C)C)CC1. The molecule has 0 aromatic heterocycles. The van der Waals surface area contributed by atoms with Crippen LogP contribution < -0.4 is 5.32 Å². The van der Waals surface area contributed by atoms with Crippen LogP contribution in [0.4, 0.5) is 0 Å². The van der Waals surface area contributed by atoms with Crippen molar-refractivity contribution >= 4 is 0 Å². The number of hydrogen-bond donors (Lipinski definition) is 2. The first-order chi connectivity index (χ1) is 7.67. The van der Waals surface area contributed by atoms with Crippen LogP contribution in [0.2, 0.25) is 0 Å². The number of aliphatic hydroxyl groups excluding tert-OH is 1. The lowest BCUT2D eigenvalue weighted by molar-refractivity contribution is 0.178. The molecule has 16 heavy (non-hydrogen) atoms. The summed E-state index contributed by atoms with van der Waals surface area (Å²) in [4.78, 5) is 2.51. The van der Waals surface area contributed by atoms with Gasteiger partial charge in [0.15, 0.2) is 0 Å². The zero-order valence-corrected chi connectivity index (χ0v) is 11.1. The molecule has 1 atom stereocenters. The average molecular weight is 228 g/mol. The maximum atomic E-state index is 9.05. The summed E-state index contributed by atoms with van der Waals surface area (Å²) >= 11 is 0. The van der Waals surface area contributed by atoms with Gasteiger partial charge in [-0.3, -0.25) is 0 Å². The second-order valence-electron chi connectivity index (χ2n) is 5.24. The number of nitrogens with one attached hydrogen (secondary N) is 1. The van der Waals surface area contributed by atoms with E-state index in [2.05, 4.69) is 31.0 Å². The number of hydrogen-bond acceptors (Lipinski definition) is 3. The van der Waals surface area contributed by atoms with Gasteiger partial charge in [-0.25, -0.2) is 0 Å². The molecule has 1 unspecified atom stereocenters. The summed E-state index contributed by atoms with van der Waals surface area (Å²) in [6, 6.07) is 1.13. The largest absolute Gasteiger partial charge is 0.396 e. The van der Waals surface area contributed by atoms with Crippen molar-refractivity contribution in [3.8, 4) is 0 Å². The molecular weight excluding hydrogens is 200 g/mol. The van der Waals surface area contributed by atoms with Crippen LogP contribution in [0.5, 0.6) is 0 Å². The third kappa shape index (κ3) is 4.40. The Morgan fingerprint density at radius 1 is 1.31 bits per heavy atom.